The van der Waals surface area contributed by atoms with Gasteiger partial charge in [-0.3, -0.25) is 0 Å². The highest BCUT2D eigenvalue weighted by Crippen LogP contribution is 2.62. The Morgan fingerprint density at radius 1 is 1.08 bits per heavy atom. The van der Waals surface area contributed by atoms with Crippen molar-refractivity contribution >= 4 is 0 Å². The van der Waals surface area contributed by atoms with Crippen molar-refractivity contribution in [2.75, 3.05) is 13.2 Å². The van der Waals surface area contributed by atoms with E-state index in [-0.39, 0.29) is 0 Å². The first-order valence-electron chi connectivity index (χ1n) is 5.98. The molecule has 0 heterocycles. The van der Waals surface area contributed by atoms with Crippen LogP contribution in [0.5, 0.6) is 0 Å². The second kappa shape index (κ2) is 2.98. The van der Waals surface area contributed by atoms with Crippen molar-refractivity contribution in [3.05, 3.63) is 0 Å². The van der Waals surface area contributed by atoms with Crippen LogP contribution in [0.15, 0.2) is 0 Å². The van der Waals surface area contributed by atoms with Gasteiger partial charge in [-0.05, 0) is 62.2 Å². The summed E-state index contributed by atoms with van der Waals surface area (Å²) in [7, 11) is 0. The smallest absolute Gasteiger partial charge is 0.0499 e. The fourth-order valence-corrected chi connectivity index (χ4v) is 4.23. The molecule has 1 heteroatoms. The molecule has 1 nitrogen and oxygen atoms in total. The predicted molar refractivity (Wildman–Crippen MR) is 52.4 cm³/mol. The van der Waals surface area contributed by atoms with Crippen LogP contribution in [-0.2, 0) is 4.74 Å². The Morgan fingerprint density at radius 3 is 2.62 bits per heavy atom. The molecule has 5 aliphatic rings. The highest BCUT2D eigenvalue weighted by atomic mass is 16.5. The number of ether oxygens (including phenoxy) is 1. The van der Waals surface area contributed by atoms with Crippen molar-refractivity contribution in [2.24, 2.45) is 29.6 Å². The predicted octanol–water partition coefficient (Wildman–Crippen LogP) is 2.71. The van der Waals surface area contributed by atoms with E-state index in [0.29, 0.717) is 0 Å². The summed E-state index contributed by atoms with van der Waals surface area (Å²) in [5.41, 5.74) is 0. The van der Waals surface area contributed by atoms with Gasteiger partial charge in [0.05, 0.1) is 0 Å². The van der Waals surface area contributed by atoms with Gasteiger partial charge in [-0.25, -0.2) is 0 Å². The third-order valence-corrected chi connectivity index (χ3v) is 4.88. The molecule has 74 valence electrons. The van der Waals surface area contributed by atoms with E-state index in [1.165, 1.54) is 6.42 Å². The van der Waals surface area contributed by atoms with Crippen molar-refractivity contribution in [2.45, 2.75) is 32.6 Å². The molecule has 5 saturated carbocycles. The zero-order valence-corrected chi connectivity index (χ0v) is 8.54. The highest BCUT2D eigenvalue weighted by Gasteiger charge is 2.55. The standard InChI is InChI=1S/C12H20O/c1-2-13-7-12-8-3-4-10-9(5-8)6-11(10)12/h8-12H,2-7H2,1H3. The largest absolute Gasteiger partial charge is 0.381 e. The van der Waals surface area contributed by atoms with Gasteiger partial charge in [0, 0.05) is 13.2 Å². The molecule has 0 N–H and O–H groups in total. The van der Waals surface area contributed by atoms with Gasteiger partial charge in [0.1, 0.15) is 0 Å². The Kier molecular flexibility index (Phi) is 1.90. The molecule has 0 saturated heterocycles. The summed E-state index contributed by atoms with van der Waals surface area (Å²) in [6.07, 6.45) is 6.13. The van der Waals surface area contributed by atoms with Gasteiger partial charge in [0.2, 0.25) is 0 Å². The third-order valence-electron chi connectivity index (χ3n) is 4.88. The van der Waals surface area contributed by atoms with Crippen LogP contribution in [0.2, 0.25) is 0 Å². The highest BCUT2D eigenvalue weighted by molar-refractivity contribution is 5.04. The van der Waals surface area contributed by atoms with E-state index >= 15 is 0 Å². The first kappa shape index (κ1) is 8.28. The molecular formula is C12H20O. The zero-order valence-electron chi connectivity index (χ0n) is 8.54. The van der Waals surface area contributed by atoms with E-state index in [0.717, 1.165) is 42.8 Å². The molecule has 4 bridgehead atoms. The monoisotopic (exact) mass is 180 g/mol. The second-order valence-corrected chi connectivity index (χ2v) is 5.22. The molecule has 5 fully saturated rings. The summed E-state index contributed by atoms with van der Waals surface area (Å²) in [4.78, 5) is 0. The second-order valence-electron chi connectivity index (χ2n) is 5.22. The van der Waals surface area contributed by atoms with Crippen molar-refractivity contribution in [3.63, 3.8) is 0 Å². The summed E-state index contributed by atoms with van der Waals surface area (Å²) in [5.74, 6) is 5.32. The topological polar surface area (TPSA) is 9.23 Å². The minimum atomic E-state index is 0.907. The molecule has 5 unspecified atom stereocenters. The summed E-state index contributed by atoms with van der Waals surface area (Å²) in [6.45, 7) is 4.09. The van der Waals surface area contributed by atoms with Crippen molar-refractivity contribution in [3.8, 4) is 0 Å². The van der Waals surface area contributed by atoms with Gasteiger partial charge in [-0.1, -0.05) is 0 Å². The van der Waals surface area contributed by atoms with E-state index in [2.05, 4.69) is 6.92 Å². The van der Waals surface area contributed by atoms with E-state index < -0.39 is 0 Å². The van der Waals surface area contributed by atoms with Gasteiger partial charge in [0.15, 0.2) is 0 Å². The molecule has 0 aromatic rings. The molecule has 5 atom stereocenters. The van der Waals surface area contributed by atoms with Crippen molar-refractivity contribution < 1.29 is 4.74 Å². The Labute approximate surface area is 80.8 Å². The SMILES string of the molecule is CCOCC1C2CCC3C(C2)CC31. The molecule has 13 heavy (non-hydrogen) atoms. The normalized spacial score (nSPS) is 51.9. The van der Waals surface area contributed by atoms with Crippen LogP contribution in [0.1, 0.15) is 32.6 Å². The third kappa shape index (κ3) is 1.09. The fraction of sp³-hybridized carbons (Fsp3) is 1.00. The average molecular weight is 180 g/mol. The first-order chi connectivity index (χ1) is 6.40. The van der Waals surface area contributed by atoms with E-state index in [4.69, 9.17) is 4.74 Å². The van der Waals surface area contributed by atoms with Crippen LogP contribution in [0.3, 0.4) is 0 Å². The maximum absolute atomic E-state index is 5.62. The lowest BCUT2D eigenvalue weighted by Crippen LogP contribution is -2.55. The summed E-state index contributed by atoms with van der Waals surface area (Å²) in [6, 6.07) is 0. The maximum Gasteiger partial charge on any atom is 0.0499 e. The number of fused-ring (bicyclic) bond motifs is 1. The molecule has 5 rings (SSSR count). The molecule has 0 amide bonds. The van der Waals surface area contributed by atoms with E-state index in [9.17, 15) is 0 Å². The summed E-state index contributed by atoms with van der Waals surface area (Å²) >= 11 is 0. The van der Waals surface area contributed by atoms with Gasteiger partial charge < -0.3 is 4.74 Å². The lowest BCUT2D eigenvalue weighted by Gasteiger charge is -2.61. The molecule has 0 aliphatic heterocycles. The maximum atomic E-state index is 5.62. The number of hydrogen-bond acceptors (Lipinski definition) is 1. The lowest BCUT2D eigenvalue weighted by molar-refractivity contribution is -0.141. The molecule has 0 aromatic heterocycles. The Hall–Kier alpha value is -0.0400. The van der Waals surface area contributed by atoms with Gasteiger partial charge in [-0.15, -0.1) is 0 Å². The van der Waals surface area contributed by atoms with Gasteiger partial charge >= 0.3 is 0 Å². The zero-order chi connectivity index (χ0) is 8.84. The minimum Gasteiger partial charge on any atom is -0.381 e. The average Bonchev–Trinajstić information content (AvgIpc) is 2.14. The molecule has 0 radical (unpaired) electrons. The van der Waals surface area contributed by atoms with Crippen LogP contribution in [0.25, 0.3) is 0 Å². The fourth-order valence-electron chi connectivity index (χ4n) is 4.23. The van der Waals surface area contributed by atoms with Crippen LogP contribution < -0.4 is 0 Å². The quantitative estimate of drug-likeness (QED) is 0.649. The Morgan fingerprint density at radius 2 is 2.00 bits per heavy atom. The molecule has 0 aromatic carbocycles. The molecular weight excluding hydrogens is 160 g/mol. The minimum absolute atomic E-state index is 0.907. The number of rotatable bonds is 3. The van der Waals surface area contributed by atoms with Gasteiger partial charge in [-0.2, -0.15) is 0 Å². The Balaban J connectivity index is 1.67. The first-order valence-corrected chi connectivity index (χ1v) is 5.98. The number of hydrogen-bond donors (Lipinski definition) is 0. The van der Waals surface area contributed by atoms with Crippen LogP contribution in [0, 0.1) is 29.6 Å². The van der Waals surface area contributed by atoms with Crippen LogP contribution in [-0.4, -0.2) is 13.2 Å². The Bertz CT molecular complexity index is 197. The van der Waals surface area contributed by atoms with Crippen LogP contribution >= 0.6 is 0 Å². The molecule has 0 spiro atoms. The van der Waals surface area contributed by atoms with E-state index in [1.54, 1.807) is 19.3 Å². The summed E-state index contributed by atoms with van der Waals surface area (Å²) in [5, 5.41) is 0. The molecule has 5 aliphatic carbocycles. The van der Waals surface area contributed by atoms with Crippen molar-refractivity contribution in [1.82, 2.24) is 0 Å². The van der Waals surface area contributed by atoms with E-state index in [1.807, 2.05) is 0 Å². The summed E-state index contributed by atoms with van der Waals surface area (Å²) < 4.78 is 5.62. The van der Waals surface area contributed by atoms with Crippen LogP contribution in [0.4, 0.5) is 0 Å². The van der Waals surface area contributed by atoms with Crippen molar-refractivity contribution in [1.29, 1.82) is 0 Å². The lowest BCUT2D eigenvalue weighted by atomic mass is 9.44. The van der Waals surface area contributed by atoms with Gasteiger partial charge in [0.25, 0.3) is 0 Å².